The average molecular weight is 822 g/mol. The summed E-state index contributed by atoms with van der Waals surface area (Å²) >= 11 is 0. The lowest BCUT2D eigenvalue weighted by Gasteiger charge is -2.14. The predicted octanol–water partition coefficient (Wildman–Crippen LogP) is 5.68. The summed E-state index contributed by atoms with van der Waals surface area (Å²) < 4.78 is 66.3. The first-order valence-electron chi connectivity index (χ1n) is 21.2. The number of benzene rings is 2. The Bertz CT molecular complexity index is 1210. The van der Waals surface area contributed by atoms with Crippen molar-refractivity contribution in [1.82, 2.24) is 5.32 Å². The fourth-order valence-corrected chi connectivity index (χ4v) is 5.95. The first-order valence-corrected chi connectivity index (χ1v) is 21.2. The molecule has 2 aromatic rings. The third-order valence-corrected chi connectivity index (χ3v) is 8.94. The SMILES string of the molecule is CCCCCCOCCOCCOCCOCCOCCOCCOCCOCCOCCOCCOCCCNC(=O)OCC1c2ccccc2-c2ccccc21. The lowest BCUT2D eigenvalue weighted by molar-refractivity contribution is -0.0275. The van der Waals surface area contributed by atoms with Crippen LogP contribution >= 0.6 is 0 Å². The highest BCUT2D eigenvalue weighted by Gasteiger charge is 2.28. The van der Waals surface area contributed by atoms with E-state index in [1.807, 2.05) is 24.3 Å². The molecule has 1 aliphatic carbocycles. The quantitative estimate of drug-likeness (QED) is 0.0825. The fourth-order valence-electron chi connectivity index (χ4n) is 5.95. The zero-order valence-corrected chi connectivity index (χ0v) is 35.0. The lowest BCUT2D eigenvalue weighted by Crippen LogP contribution is -2.27. The second-order valence-electron chi connectivity index (χ2n) is 13.4. The summed E-state index contributed by atoms with van der Waals surface area (Å²) in [4.78, 5) is 12.3. The number of alkyl carbamates (subject to hydrolysis) is 1. The Labute approximate surface area is 346 Å². The number of hydrogen-bond acceptors (Lipinski definition) is 13. The summed E-state index contributed by atoms with van der Waals surface area (Å²) in [6, 6.07) is 16.6. The molecule has 2 aromatic carbocycles. The maximum absolute atomic E-state index is 12.3. The molecule has 0 aromatic heterocycles. The molecule has 0 bridgehead atoms. The molecule has 0 unspecified atom stereocenters. The van der Waals surface area contributed by atoms with Crippen molar-refractivity contribution in [2.45, 2.75) is 44.9 Å². The van der Waals surface area contributed by atoms with E-state index in [4.69, 9.17) is 56.8 Å². The van der Waals surface area contributed by atoms with E-state index >= 15 is 0 Å². The highest BCUT2D eigenvalue weighted by atomic mass is 16.6. The Morgan fingerprint density at radius 2 is 0.759 bits per heavy atom. The molecule has 1 amide bonds. The van der Waals surface area contributed by atoms with Gasteiger partial charge in [-0.25, -0.2) is 4.79 Å². The van der Waals surface area contributed by atoms with Gasteiger partial charge < -0.3 is 62.2 Å². The van der Waals surface area contributed by atoms with E-state index in [0.29, 0.717) is 158 Å². The summed E-state index contributed by atoms with van der Waals surface area (Å²) in [5, 5.41) is 2.81. The third kappa shape index (κ3) is 24.4. The maximum Gasteiger partial charge on any atom is 0.407 e. The fraction of sp³-hybridized carbons (Fsp3) is 0.705. The molecule has 0 radical (unpaired) electrons. The van der Waals surface area contributed by atoms with E-state index in [9.17, 15) is 4.79 Å². The van der Waals surface area contributed by atoms with Crippen molar-refractivity contribution in [3.8, 4) is 11.1 Å². The van der Waals surface area contributed by atoms with E-state index in [1.165, 1.54) is 41.5 Å². The molecule has 0 fully saturated rings. The topological polar surface area (TPSA) is 140 Å². The Kier molecular flexibility index (Phi) is 30.9. The van der Waals surface area contributed by atoms with Crippen LogP contribution in [0.25, 0.3) is 11.1 Å². The van der Waals surface area contributed by atoms with Crippen molar-refractivity contribution in [3.05, 3.63) is 59.7 Å². The third-order valence-electron chi connectivity index (χ3n) is 8.94. The van der Waals surface area contributed by atoms with Gasteiger partial charge in [-0.3, -0.25) is 0 Å². The van der Waals surface area contributed by atoms with Crippen LogP contribution < -0.4 is 5.32 Å². The number of carbonyl (C=O) groups is 1. The van der Waals surface area contributed by atoms with Crippen LogP contribution in [0.15, 0.2) is 48.5 Å². The molecule has 14 heteroatoms. The van der Waals surface area contributed by atoms with E-state index in [-0.39, 0.29) is 5.92 Å². The van der Waals surface area contributed by atoms with Crippen molar-refractivity contribution in [2.24, 2.45) is 0 Å². The summed E-state index contributed by atoms with van der Waals surface area (Å²) in [7, 11) is 0. The summed E-state index contributed by atoms with van der Waals surface area (Å²) in [5.41, 5.74) is 4.81. The minimum atomic E-state index is -0.414. The number of ether oxygens (including phenoxy) is 12. The molecule has 0 saturated carbocycles. The van der Waals surface area contributed by atoms with E-state index < -0.39 is 6.09 Å². The van der Waals surface area contributed by atoms with E-state index in [1.54, 1.807) is 0 Å². The number of nitrogens with one attached hydrogen (secondary N) is 1. The van der Waals surface area contributed by atoms with Crippen LogP contribution in [0.4, 0.5) is 4.79 Å². The maximum atomic E-state index is 12.3. The van der Waals surface area contributed by atoms with Crippen LogP contribution in [0.2, 0.25) is 0 Å². The molecule has 1 aliphatic rings. The number of hydrogen-bond donors (Lipinski definition) is 1. The van der Waals surface area contributed by atoms with Crippen molar-refractivity contribution in [3.63, 3.8) is 0 Å². The minimum Gasteiger partial charge on any atom is -0.449 e. The molecule has 14 nitrogen and oxygen atoms in total. The Morgan fingerprint density at radius 1 is 0.431 bits per heavy atom. The molecule has 0 saturated heterocycles. The first kappa shape index (κ1) is 49.6. The molecule has 1 N–H and O–H groups in total. The van der Waals surface area contributed by atoms with Crippen molar-refractivity contribution in [1.29, 1.82) is 0 Å². The largest absolute Gasteiger partial charge is 0.449 e. The average Bonchev–Trinajstić information content (AvgIpc) is 3.57. The van der Waals surface area contributed by atoms with Crippen molar-refractivity contribution >= 4 is 6.09 Å². The van der Waals surface area contributed by atoms with Gasteiger partial charge >= 0.3 is 6.09 Å². The van der Waals surface area contributed by atoms with Gasteiger partial charge in [-0.05, 0) is 35.1 Å². The first-order chi connectivity index (χ1) is 28.8. The molecular formula is C44H71NO13. The van der Waals surface area contributed by atoms with Gasteiger partial charge in [-0.2, -0.15) is 0 Å². The normalized spacial score (nSPS) is 12.2. The van der Waals surface area contributed by atoms with Gasteiger partial charge in [0.1, 0.15) is 6.61 Å². The van der Waals surface area contributed by atoms with Gasteiger partial charge in [-0.15, -0.1) is 0 Å². The second-order valence-corrected chi connectivity index (χ2v) is 13.4. The second kappa shape index (κ2) is 36.1. The number of unbranched alkanes of at least 4 members (excludes halogenated alkanes) is 3. The van der Waals surface area contributed by atoms with E-state index in [0.717, 1.165) is 13.0 Å². The van der Waals surface area contributed by atoms with Gasteiger partial charge in [0.05, 0.1) is 132 Å². The summed E-state index contributed by atoms with van der Waals surface area (Å²) in [6.45, 7) is 14.7. The van der Waals surface area contributed by atoms with Crippen LogP contribution in [0.3, 0.4) is 0 Å². The molecule has 330 valence electrons. The van der Waals surface area contributed by atoms with Gasteiger partial charge in [0.15, 0.2) is 0 Å². The Morgan fingerprint density at radius 3 is 1.12 bits per heavy atom. The van der Waals surface area contributed by atoms with Crippen LogP contribution in [0.1, 0.15) is 56.1 Å². The Hall–Kier alpha value is -2.73. The van der Waals surface area contributed by atoms with Gasteiger partial charge in [0, 0.05) is 25.7 Å². The number of fused-ring (bicyclic) bond motifs is 3. The lowest BCUT2D eigenvalue weighted by atomic mass is 9.98. The van der Waals surface area contributed by atoms with Crippen LogP contribution in [-0.4, -0.2) is 165 Å². The van der Waals surface area contributed by atoms with Gasteiger partial charge in [0.25, 0.3) is 0 Å². The van der Waals surface area contributed by atoms with Gasteiger partial charge in [-0.1, -0.05) is 74.7 Å². The number of amides is 1. The smallest absolute Gasteiger partial charge is 0.407 e. The standard InChI is InChI=1S/C44H71NO13/c1-2-3-4-9-16-47-18-20-49-22-24-51-26-28-53-30-32-55-34-36-57-37-35-56-33-31-54-29-27-52-25-23-50-21-19-48-17-10-15-45-44(46)58-38-43-41-13-7-5-11-39(41)40-12-6-8-14-42(40)43/h5-8,11-14,43H,2-4,9-10,15-38H2,1H3,(H,45,46). The number of rotatable bonds is 41. The minimum absolute atomic E-state index is 0.0498. The monoisotopic (exact) mass is 821 g/mol. The Balaban J connectivity index is 0.927. The van der Waals surface area contributed by atoms with Crippen LogP contribution in [0.5, 0.6) is 0 Å². The molecule has 0 atom stereocenters. The van der Waals surface area contributed by atoms with Crippen LogP contribution in [0, 0.1) is 0 Å². The zero-order valence-electron chi connectivity index (χ0n) is 35.0. The molecular weight excluding hydrogens is 750 g/mol. The molecule has 0 heterocycles. The zero-order chi connectivity index (χ0) is 40.8. The highest BCUT2D eigenvalue weighted by molar-refractivity contribution is 5.79. The van der Waals surface area contributed by atoms with Gasteiger partial charge in [0.2, 0.25) is 0 Å². The summed E-state index contributed by atoms with van der Waals surface area (Å²) in [5.74, 6) is 0.0498. The predicted molar refractivity (Wildman–Crippen MR) is 221 cm³/mol. The molecule has 3 rings (SSSR count). The summed E-state index contributed by atoms with van der Waals surface area (Å²) in [6.07, 6.45) is 5.15. The highest BCUT2D eigenvalue weighted by Crippen LogP contribution is 2.44. The van der Waals surface area contributed by atoms with E-state index in [2.05, 4.69) is 36.5 Å². The van der Waals surface area contributed by atoms with Crippen molar-refractivity contribution < 1.29 is 61.6 Å². The molecule has 58 heavy (non-hydrogen) atoms. The van der Waals surface area contributed by atoms with Crippen LogP contribution in [-0.2, 0) is 56.8 Å². The molecule has 0 spiro atoms. The number of carbonyl (C=O) groups excluding carboxylic acids is 1. The van der Waals surface area contributed by atoms with Crippen molar-refractivity contribution in [2.75, 3.05) is 159 Å². The molecule has 0 aliphatic heterocycles.